The van der Waals surface area contributed by atoms with Crippen LogP contribution in [0.4, 0.5) is 4.79 Å². The minimum Gasteiger partial charge on any atom is -0.458 e. The molecule has 0 heterocycles. The molecule has 29 heavy (non-hydrogen) atoms. The molecule has 3 rings (SSSR count). The van der Waals surface area contributed by atoms with Crippen molar-refractivity contribution in [2.45, 2.75) is 51.4 Å². The molecule has 1 aliphatic rings. The molecule has 154 valence electrons. The van der Waals surface area contributed by atoms with E-state index in [1.165, 1.54) is 6.92 Å². The Labute approximate surface area is 170 Å². The Bertz CT molecular complexity index is 855. The van der Waals surface area contributed by atoms with Gasteiger partial charge in [0, 0.05) is 5.92 Å². The molecule has 1 aliphatic carbocycles. The van der Waals surface area contributed by atoms with Gasteiger partial charge in [0.2, 0.25) is 0 Å². The Morgan fingerprint density at radius 3 is 2.03 bits per heavy atom. The van der Waals surface area contributed by atoms with Crippen LogP contribution in [0.1, 0.15) is 44.7 Å². The fraction of sp³-hybridized carbons (Fsp3) is 0.391. The molecule has 0 bridgehead atoms. The highest BCUT2D eigenvalue weighted by molar-refractivity contribution is 5.82. The van der Waals surface area contributed by atoms with Crippen molar-refractivity contribution in [2.24, 2.45) is 0 Å². The van der Waals surface area contributed by atoms with Crippen molar-refractivity contribution >= 4 is 12.1 Å². The number of aliphatic hydroxyl groups is 1. The van der Waals surface area contributed by atoms with Gasteiger partial charge in [0.05, 0.1) is 6.10 Å². The molecule has 2 aromatic rings. The van der Waals surface area contributed by atoms with Crippen LogP contribution in [0.15, 0.2) is 48.5 Å². The standard InChI is InChI=1S/C23H27NO5/c1-14(25)20(21(26)29-23(2,3)4)24-22(27)28-13-19-17-11-7-5-9-15(17)16-10-6-8-12-18(16)19/h5-12,14,19-20,25H,13H2,1-4H3,(H,24,27). The second-order valence-electron chi connectivity index (χ2n) is 8.22. The molecule has 0 fully saturated rings. The van der Waals surface area contributed by atoms with Crippen molar-refractivity contribution in [3.63, 3.8) is 0 Å². The molecule has 0 saturated carbocycles. The highest BCUT2D eigenvalue weighted by atomic mass is 16.6. The summed E-state index contributed by atoms with van der Waals surface area (Å²) in [5.41, 5.74) is 3.73. The van der Waals surface area contributed by atoms with Crippen molar-refractivity contribution in [2.75, 3.05) is 6.61 Å². The van der Waals surface area contributed by atoms with Crippen LogP contribution in [-0.2, 0) is 14.3 Å². The number of carbonyl (C=O) groups excluding carboxylic acids is 2. The molecule has 2 N–H and O–H groups in total. The van der Waals surface area contributed by atoms with Gasteiger partial charge in [-0.05, 0) is 49.9 Å². The lowest BCUT2D eigenvalue weighted by Crippen LogP contribution is -2.50. The number of amides is 1. The van der Waals surface area contributed by atoms with Crippen LogP contribution in [0.25, 0.3) is 11.1 Å². The van der Waals surface area contributed by atoms with Crippen LogP contribution in [0.3, 0.4) is 0 Å². The predicted octanol–water partition coefficient (Wildman–Crippen LogP) is 3.62. The zero-order chi connectivity index (χ0) is 21.2. The summed E-state index contributed by atoms with van der Waals surface area (Å²) in [6.07, 6.45) is -1.89. The van der Waals surface area contributed by atoms with Crippen molar-refractivity contribution in [3.8, 4) is 11.1 Å². The first-order valence-corrected chi connectivity index (χ1v) is 9.70. The summed E-state index contributed by atoms with van der Waals surface area (Å²) in [7, 11) is 0. The lowest BCUT2D eigenvalue weighted by molar-refractivity contribution is -0.160. The lowest BCUT2D eigenvalue weighted by Gasteiger charge is -2.26. The molecular weight excluding hydrogens is 370 g/mol. The summed E-state index contributed by atoms with van der Waals surface area (Å²) in [6, 6.07) is 14.9. The van der Waals surface area contributed by atoms with Gasteiger partial charge in [-0.1, -0.05) is 48.5 Å². The number of carbonyl (C=O) groups is 2. The molecule has 2 unspecified atom stereocenters. The summed E-state index contributed by atoms with van der Waals surface area (Å²) in [4.78, 5) is 24.6. The Balaban J connectivity index is 1.68. The van der Waals surface area contributed by atoms with Gasteiger partial charge in [-0.2, -0.15) is 0 Å². The zero-order valence-electron chi connectivity index (χ0n) is 17.1. The highest BCUT2D eigenvalue weighted by Crippen LogP contribution is 2.44. The number of benzene rings is 2. The summed E-state index contributed by atoms with van der Waals surface area (Å²) in [5.74, 6) is -0.791. The minimum absolute atomic E-state index is 0.0836. The van der Waals surface area contributed by atoms with E-state index in [9.17, 15) is 14.7 Å². The molecule has 0 spiro atoms. The SMILES string of the molecule is CC(O)C(NC(=O)OCC1c2ccccc2-c2ccccc21)C(=O)OC(C)(C)C. The number of nitrogens with one attached hydrogen (secondary N) is 1. The average molecular weight is 397 g/mol. The fourth-order valence-electron chi connectivity index (χ4n) is 3.51. The van der Waals surface area contributed by atoms with Crippen LogP contribution in [-0.4, -0.2) is 41.5 Å². The maximum Gasteiger partial charge on any atom is 0.407 e. The first-order chi connectivity index (χ1) is 13.7. The number of hydrogen-bond donors (Lipinski definition) is 2. The third-order valence-electron chi connectivity index (χ3n) is 4.76. The van der Waals surface area contributed by atoms with Crippen LogP contribution < -0.4 is 5.32 Å². The Morgan fingerprint density at radius 2 is 1.55 bits per heavy atom. The monoisotopic (exact) mass is 397 g/mol. The Morgan fingerprint density at radius 1 is 1.03 bits per heavy atom. The fourth-order valence-corrected chi connectivity index (χ4v) is 3.51. The molecular formula is C23H27NO5. The van der Waals surface area contributed by atoms with Crippen molar-refractivity contribution < 1.29 is 24.2 Å². The smallest absolute Gasteiger partial charge is 0.407 e. The highest BCUT2D eigenvalue weighted by Gasteiger charge is 2.32. The molecule has 2 aromatic carbocycles. The minimum atomic E-state index is -1.20. The van der Waals surface area contributed by atoms with E-state index in [1.807, 2.05) is 36.4 Å². The van der Waals surface area contributed by atoms with E-state index in [1.54, 1.807) is 20.8 Å². The van der Waals surface area contributed by atoms with Gasteiger partial charge < -0.3 is 19.9 Å². The summed E-state index contributed by atoms with van der Waals surface area (Å²) in [6.45, 7) is 6.70. The Kier molecular flexibility index (Phi) is 5.94. The molecule has 0 radical (unpaired) electrons. The van der Waals surface area contributed by atoms with Crippen LogP contribution in [0.5, 0.6) is 0 Å². The second kappa shape index (κ2) is 8.25. The van der Waals surface area contributed by atoms with Crippen LogP contribution >= 0.6 is 0 Å². The third-order valence-corrected chi connectivity index (χ3v) is 4.76. The quantitative estimate of drug-likeness (QED) is 0.753. The number of ether oxygens (including phenoxy) is 2. The third kappa shape index (κ3) is 4.77. The normalized spacial score (nSPS) is 15.1. The second-order valence-corrected chi connectivity index (χ2v) is 8.22. The van der Waals surface area contributed by atoms with E-state index >= 15 is 0 Å². The van der Waals surface area contributed by atoms with E-state index in [-0.39, 0.29) is 12.5 Å². The van der Waals surface area contributed by atoms with Gasteiger partial charge in [0.1, 0.15) is 12.2 Å². The molecule has 0 aromatic heterocycles. The maximum absolute atomic E-state index is 12.4. The van der Waals surface area contributed by atoms with Gasteiger partial charge in [0.25, 0.3) is 0 Å². The maximum atomic E-state index is 12.4. The zero-order valence-corrected chi connectivity index (χ0v) is 17.1. The van der Waals surface area contributed by atoms with Crippen LogP contribution in [0.2, 0.25) is 0 Å². The van der Waals surface area contributed by atoms with Gasteiger partial charge in [-0.3, -0.25) is 0 Å². The lowest BCUT2D eigenvalue weighted by atomic mass is 9.98. The van der Waals surface area contributed by atoms with E-state index < -0.39 is 29.8 Å². The van der Waals surface area contributed by atoms with Gasteiger partial charge in [-0.25, -0.2) is 9.59 Å². The predicted molar refractivity (Wildman–Crippen MR) is 110 cm³/mol. The number of fused-ring (bicyclic) bond motifs is 3. The van der Waals surface area contributed by atoms with Gasteiger partial charge >= 0.3 is 12.1 Å². The summed E-state index contributed by atoms with van der Waals surface area (Å²) >= 11 is 0. The van der Waals surface area contributed by atoms with E-state index in [0.717, 1.165) is 22.3 Å². The van der Waals surface area contributed by atoms with E-state index in [2.05, 4.69) is 17.4 Å². The number of rotatable bonds is 5. The topological polar surface area (TPSA) is 84.9 Å². The molecule has 6 heteroatoms. The largest absolute Gasteiger partial charge is 0.458 e. The van der Waals surface area contributed by atoms with Crippen molar-refractivity contribution in [3.05, 3.63) is 59.7 Å². The van der Waals surface area contributed by atoms with Crippen molar-refractivity contribution in [1.29, 1.82) is 0 Å². The molecule has 1 amide bonds. The van der Waals surface area contributed by atoms with Crippen LogP contribution in [0, 0.1) is 0 Å². The number of hydrogen-bond acceptors (Lipinski definition) is 5. The van der Waals surface area contributed by atoms with E-state index in [4.69, 9.17) is 9.47 Å². The van der Waals surface area contributed by atoms with E-state index in [0.29, 0.717) is 0 Å². The Hall–Kier alpha value is -2.86. The average Bonchev–Trinajstić information content (AvgIpc) is 2.96. The summed E-state index contributed by atoms with van der Waals surface area (Å²) < 4.78 is 10.7. The molecule has 0 saturated heterocycles. The number of esters is 1. The summed E-state index contributed by atoms with van der Waals surface area (Å²) in [5, 5.41) is 12.3. The molecule has 2 atom stereocenters. The molecule has 6 nitrogen and oxygen atoms in total. The molecule has 0 aliphatic heterocycles. The number of aliphatic hydroxyl groups excluding tert-OH is 1. The van der Waals surface area contributed by atoms with Gasteiger partial charge in [0.15, 0.2) is 6.04 Å². The first kappa shape index (κ1) is 20.9. The number of alkyl carbamates (subject to hydrolysis) is 1. The van der Waals surface area contributed by atoms with Crippen molar-refractivity contribution in [1.82, 2.24) is 5.32 Å². The van der Waals surface area contributed by atoms with Gasteiger partial charge in [-0.15, -0.1) is 0 Å². The first-order valence-electron chi connectivity index (χ1n) is 9.70.